The summed E-state index contributed by atoms with van der Waals surface area (Å²) in [6.45, 7) is 0.205. The third kappa shape index (κ3) is 3.04. The van der Waals surface area contributed by atoms with Crippen LogP contribution in [0, 0.1) is 0 Å². The number of aromatic nitrogens is 2. The molecule has 0 atom stereocenters. The van der Waals surface area contributed by atoms with Gasteiger partial charge in [0.1, 0.15) is 6.61 Å². The summed E-state index contributed by atoms with van der Waals surface area (Å²) in [7, 11) is 3.14. The summed E-state index contributed by atoms with van der Waals surface area (Å²) in [4.78, 5) is 8.12. The minimum absolute atomic E-state index is 0.205. The molecule has 100 valence electrons. The maximum absolute atomic E-state index is 5.66. The molecule has 2 N–H and O–H groups in total. The van der Waals surface area contributed by atoms with Gasteiger partial charge in [-0.3, -0.25) is 0 Å². The molecular weight excluding hydrogens is 246 g/mol. The summed E-state index contributed by atoms with van der Waals surface area (Å²) in [6.07, 6.45) is 3.07. The second-order valence-electron chi connectivity index (χ2n) is 3.71. The van der Waals surface area contributed by atoms with Gasteiger partial charge in [0.05, 0.1) is 32.3 Å². The van der Waals surface area contributed by atoms with Crippen molar-refractivity contribution >= 4 is 5.69 Å². The number of nitrogen functional groups attached to an aromatic ring is 1. The van der Waals surface area contributed by atoms with E-state index >= 15 is 0 Å². The second-order valence-corrected chi connectivity index (χ2v) is 3.71. The number of ether oxygens (including phenoxy) is 3. The molecule has 1 aromatic carbocycles. The number of rotatable bonds is 5. The van der Waals surface area contributed by atoms with Gasteiger partial charge in [-0.2, -0.15) is 0 Å². The fourth-order valence-corrected chi connectivity index (χ4v) is 1.54. The van der Waals surface area contributed by atoms with Gasteiger partial charge >= 0.3 is 0 Å². The Labute approximate surface area is 111 Å². The van der Waals surface area contributed by atoms with Crippen molar-refractivity contribution in [1.29, 1.82) is 0 Å². The van der Waals surface area contributed by atoms with Gasteiger partial charge < -0.3 is 19.9 Å². The fourth-order valence-electron chi connectivity index (χ4n) is 1.54. The van der Waals surface area contributed by atoms with Crippen molar-refractivity contribution in [3.05, 3.63) is 36.4 Å². The first-order valence-corrected chi connectivity index (χ1v) is 5.64. The average molecular weight is 261 g/mol. The molecule has 1 aromatic heterocycles. The maximum atomic E-state index is 5.66. The van der Waals surface area contributed by atoms with Gasteiger partial charge in [-0.05, 0) is 12.1 Å². The first kappa shape index (κ1) is 12.9. The highest BCUT2D eigenvalue weighted by molar-refractivity contribution is 5.51. The summed E-state index contributed by atoms with van der Waals surface area (Å²) in [5.41, 5.74) is 6.03. The third-order valence-electron chi connectivity index (χ3n) is 2.45. The van der Waals surface area contributed by atoms with Crippen LogP contribution in [0.1, 0.15) is 5.82 Å². The predicted octanol–water partition coefficient (Wildman–Crippen LogP) is 1.65. The quantitative estimate of drug-likeness (QED) is 0.881. The normalized spacial score (nSPS) is 10.0. The molecule has 0 bridgehead atoms. The van der Waals surface area contributed by atoms with Crippen LogP contribution in [0.25, 0.3) is 0 Å². The minimum Gasteiger partial charge on any atom is -0.493 e. The predicted molar refractivity (Wildman–Crippen MR) is 70.3 cm³/mol. The number of methoxy groups -OCH3 is 2. The molecule has 1 heterocycles. The second kappa shape index (κ2) is 5.90. The molecule has 6 heteroatoms. The van der Waals surface area contributed by atoms with Crippen LogP contribution >= 0.6 is 0 Å². The van der Waals surface area contributed by atoms with E-state index in [1.165, 1.54) is 12.4 Å². The minimum atomic E-state index is 0.205. The Morgan fingerprint density at radius 3 is 2.16 bits per heavy atom. The molecule has 0 aliphatic carbocycles. The molecule has 0 aliphatic heterocycles. The van der Waals surface area contributed by atoms with E-state index in [0.29, 0.717) is 28.8 Å². The number of hydrogen-bond acceptors (Lipinski definition) is 6. The van der Waals surface area contributed by atoms with E-state index < -0.39 is 0 Å². The molecule has 0 aliphatic rings. The van der Waals surface area contributed by atoms with Crippen molar-refractivity contribution in [2.24, 2.45) is 0 Å². The van der Waals surface area contributed by atoms with Crippen LogP contribution in [0.3, 0.4) is 0 Å². The largest absolute Gasteiger partial charge is 0.493 e. The molecule has 2 aromatic rings. The van der Waals surface area contributed by atoms with E-state index in [1.54, 1.807) is 26.4 Å². The molecule has 2 rings (SSSR count). The summed E-state index contributed by atoms with van der Waals surface area (Å²) >= 11 is 0. The molecule has 0 saturated heterocycles. The third-order valence-corrected chi connectivity index (χ3v) is 2.45. The zero-order chi connectivity index (χ0) is 13.7. The van der Waals surface area contributed by atoms with Crippen LogP contribution in [0.2, 0.25) is 0 Å². The molecule has 19 heavy (non-hydrogen) atoms. The maximum Gasteiger partial charge on any atom is 0.203 e. The van der Waals surface area contributed by atoms with Crippen LogP contribution in [0.15, 0.2) is 30.6 Å². The van der Waals surface area contributed by atoms with Crippen LogP contribution in [-0.4, -0.2) is 24.2 Å². The van der Waals surface area contributed by atoms with Crippen molar-refractivity contribution in [2.45, 2.75) is 6.61 Å². The van der Waals surface area contributed by atoms with E-state index in [9.17, 15) is 0 Å². The lowest BCUT2D eigenvalue weighted by Crippen LogP contribution is -2.04. The van der Waals surface area contributed by atoms with Gasteiger partial charge in [-0.25, -0.2) is 9.97 Å². The van der Waals surface area contributed by atoms with Gasteiger partial charge in [0.2, 0.25) is 5.75 Å². The lowest BCUT2D eigenvalue weighted by atomic mass is 10.3. The van der Waals surface area contributed by atoms with Crippen LogP contribution < -0.4 is 19.9 Å². The fraction of sp³-hybridized carbons (Fsp3) is 0.231. The van der Waals surface area contributed by atoms with E-state index in [-0.39, 0.29) is 6.61 Å². The number of nitrogens with zero attached hydrogens (tertiary/aromatic N) is 2. The molecule has 0 saturated carbocycles. The first-order chi connectivity index (χ1) is 9.24. The topological polar surface area (TPSA) is 79.5 Å². The van der Waals surface area contributed by atoms with Crippen molar-refractivity contribution in [3.63, 3.8) is 0 Å². The Hall–Kier alpha value is -2.50. The molecule has 0 amide bonds. The summed E-state index contributed by atoms with van der Waals surface area (Å²) < 4.78 is 16.1. The Morgan fingerprint density at radius 2 is 1.63 bits per heavy atom. The summed E-state index contributed by atoms with van der Waals surface area (Å²) in [5.74, 6) is 2.24. The Balaban J connectivity index is 2.16. The van der Waals surface area contributed by atoms with Gasteiger partial charge in [-0.15, -0.1) is 0 Å². The Bertz CT molecular complexity index is 521. The Kier molecular flexibility index (Phi) is 4.02. The molecule has 6 nitrogen and oxygen atoms in total. The Morgan fingerprint density at radius 1 is 1.05 bits per heavy atom. The standard InChI is InChI=1S/C13H15N3O3/c1-17-10-4-3-5-11(18-2)13(10)19-8-12-15-6-9(14)7-16-12/h3-7H,8,14H2,1-2H3. The SMILES string of the molecule is COc1cccc(OC)c1OCc1ncc(N)cn1. The highest BCUT2D eigenvalue weighted by Gasteiger charge is 2.11. The lowest BCUT2D eigenvalue weighted by molar-refractivity contribution is 0.259. The van der Waals surface area contributed by atoms with Gasteiger partial charge in [-0.1, -0.05) is 6.07 Å². The van der Waals surface area contributed by atoms with Crippen molar-refractivity contribution < 1.29 is 14.2 Å². The van der Waals surface area contributed by atoms with Gasteiger partial charge in [0.25, 0.3) is 0 Å². The highest BCUT2D eigenvalue weighted by Crippen LogP contribution is 2.37. The molecule has 0 spiro atoms. The van der Waals surface area contributed by atoms with Crippen molar-refractivity contribution in [2.75, 3.05) is 20.0 Å². The first-order valence-electron chi connectivity index (χ1n) is 5.64. The molecule has 0 unspecified atom stereocenters. The van der Waals surface area contributed by atoms with Crippen LogP contribution in [0.4, 0.5) is 5.69 Å². The van der Waals surface area contributed by atoms with Crippen LogP contribution in [0.5, 0.6) is 17.2 Å². The number of benzene rings is 1. The van der Waals surface area contributed by atoms with E-state index in [1.807, 2.05) is 6.07 Å². The zero-order valence-electron chi connectivity index (χ0n) is 10.8. The number of anilines is 1. The highest BCUT2D eigenvalue weighted by atomic mass is 16.5. The smallest absolute Gasteiger partial charge is 0.203 e. The number of para-hydroxylation sites is 1. The van der Waals surface area contributed by atoms with Crippen LogP contribution in [-0.2, 0) is 6.61 Å². The number of nitrogens with two attached hydrogens (primary N) is 1. The zero-order valence-corrected chi connectivity index (χ0v) is 10.8. The monoisotopic (exact) mass is 261 g/mol. The van der Waals surface area contributed by atoms with E-state index in [2.05, 4.69) is 9.97 Å². The lowest BCUT2D eigenvalue weighted by Gasteiger charge is -2.13. The van der Waals surface area contributed by atoms with Gasteiger partial charge in [0, 0.05) is 0 Å². The summed E-state index contributed by atoms with van der Waals surface area (Å²) in [5, 5.41) is 0. The van der Waals surface area contributed by atoms with Crippen molar-refractivity contribution in [1.82, 2.24) is 9.97 Å². The molecule has 0 fully saturated rings. The molecule has 0 radical (unpaired) electrons. The van der Waals surface area contributed by atoms with Crippen molar-refractivity contribution in [3.8, 4) is 17.2 Å². The average Bonchev–Trinajstić information content (AvgIpc) is 2.46. The van der Waals surface area contributed by atoms with Gasteiger partial charge in [0.15, 0.2) is 17.3 Å². The molecular formula is C13H15N3O3. The van der Waals surface area contributed by atoms with E-state index in [4.69, 9.17) is 19.9 Å². The number of hydrogen-bond donors (Lipinski definition) is 1. The summed E-state index contributed by atoms with van der Waals surface area (Å²) in [6, 6.07) is 5.41. The van der Waals surface area contributed by atoms with E-state index in [0.717, 1.165) is 0 Å².